The van der Waals surface area contributed by atoms with E-state index in [0.717, 1.165) is 0 Å². The van der Waals surface area contributed by atoms with Crippen molar-refractivity contribution < 1.29 is 9.53 Å². The van der Waals surface area contributed by atoms with Crippen molar-refractivity contribution in [3.05, 3.63) is 24.0 Å². The maximum Gasteiger partial charge on any atom is 0.203 e. The maximum absolute atomic E-state index is 11.1. The minimum absolute atomic E-state index is 0.144. The van der Waals surface area contributed by atoms with E-state index >= 15 is 0 Å². The van der Waals surface area contributed by atoms with Crippen molar-refractivity contribution in [2.45, 2.75) is 13.0 Å². The van der Waals surface area contributed by atoms with Crippen LogP contribution in [0.4, 0.5) is 0 Å². The average molecular weight is 149 g/mol. The van der Waals surface area contributed by atoms with Crippen LogP contribution in [0.1, 0.15) is 6.92 Å². The summed E-state index contributed by atoms with van der Waals surface area (Å²) in [5.74, 6) is -0.144. The molecule has 11 heavy (non-hydrogen) atoms. The SMILES string of the molecule is CC1OC=CC(=CC#N)C1=O. The molecule has 1 rings (SSSR count). The van der Waals surface area contributed by atoms with Crippen molar-refractivity contribution in [3.8, 4) is 6.07 Å². The van der Waals surface area contributed by atoms with Crippen LogP contribution in [0.5, 0.6) is 0 Å². The molecule has 0 aromatic heterocycles. The number of Topliss-reactive ketones (excluding diaryl/α,β-unsaturated/α-hetero) is 1. The van der Waals surface area contributed by atoms with Gasteiger partial charge < -0.3 is 4.74 Å². The fourth-order valence-corrected chi connectivity index (χ4v) is 0.798. The topological polar surface area (TPSA) is 50.1 Å². The van der Waals surface area contributed by atoms with Crippen molar-refractivity contribution >= 4 is 5.78 Å². The van der Waals surface area contributed by atoms with Crippen molar-refractivity contribution in [3.63, 3.8) is 0 Å². The van der Waals surface area contributed by atoms with Crippen molar-refractivity contribution in [1.29, 1.82) is 5.26 Å². The average Bonchev–Trinajstić information content (AvgIpc) is 1.99. The molecule has 1 unspecified atom stereocenters. The van der Waals surface area contributed by atoms with Crippen LogP contribution in [-0.4, -0.2) is 11.9 Å². The van der Waals surface area contributed by atoms with E-state index in [1.807, 2.05) is 0 Å². The third-order valence-corrected chi connectivity index (χ3v) is 1.40. The number of allylic oxidation sites excluding steroid dienone is 2. The van der Waals surface area contributed by atoms with Crippen LogP contribution in [0, 0.1) is 11.3 Å². The van der Waals surface area contributed by atoms with E-state index < -0.39 is 6.10 Å². The zero-order valence-electron chi connectivity index (χ0n) is 6.07. The summed E-state index contributed by atoms with van der Waals surface area (Å²) in [5.41, 5.74) is 0.409. The molecule has 0 N–H and O–H groups in total. The second kappa shape index (κ2) is 3.02. The highest BCUT2D eigenvalue weighted by molar-refractivity contribution is 6.02. The van der Waals surface area contributed by atoms with Crippen LogP contribution in [-0.2, 0) is 9.53 Å². The van der Waals surface area contributed by atoms with Crippen LogP contribution in [0.15, 0.2) is 24.0 Å². The van der Waals surface area contributed by atoms with Gasteiger partial charge in [-0.05, 0) is 13.0 Å². The summed E-state index contributed by atoms with van der Waals surface area (Å²) in [5, 5.41) is 8.27. The summed E-state index contributed by atoms with van der Waals surface area (Å²) in [6.45, 7) is 1.65. The molecule has 3 nitrogen and oxygen atoms in total. The van der Waals surface area contributed by atoms with E-state index in [9.17, 15) is 4.79 Å². The molecule has 1 atom stereocenters. The van der Waals surface area contributed by atoms with Gasteiger partial charge in [-0.2, -0.15) is 5.26 Å². The second-order valence-electron chi connectivity index (χ2n) is 2.17. The second-order valence-corrected chi connectivity index (χ2v) is 2.17. The highest BCUT2D eigenvalue weighted by atomic mass is 16.5. The first kappa shape index (κ1) is 7.55. The van der Waals surface area contributed by atoms with Crippen molar-refractivity contribution in [2.75, 3.05) is 0 Å². The predicted molar refractivity (Wildman–Crippen MR) is 38.4 cm³/mol. The number of carbonyl (C=O) groups excluding carboxylic acids is 1. The highest BCUT2D eigenvalue weighted by Gasteiger charge is 2.19. The molecule has 0 radical (unpaired) electrons. The fraction of sp³-hybridized carbons (Fsp3) is 0.250. The number of ketones is 1. The molecule has 0 saturated carbocycles. The number of hydrogen-bond acceptors (Lipinski definition) is 3. The number of carbonyl (C=O) groups is 1. The van der Waals surface area contributed by atoms with E-state index in [-0.39, 0.29) is 5.78 Å². The molecule has 0 fully saturated rings. The van der Waals surface area contributed by atoms with Crippen LogP contribution in [0.25, 0.3) is 0 Å². The van der Waals surface area contributed by atoms with Gasteiger partial charge in [-0.25, -0.2) is 0 Å². The molecule has 0 saturated heterocycles. The Kier molecular flexibility index (Phi) is 2.07. The van der Waals surface area contributed by atoms with Gasteiger partial charge in [0.1, 0.15) is 0 Å². The maximum atomic E-state index is 11.1. The molecule has 1 aliphatic heterocycles. The first-order valence-electron chi connectivity index (χ1n) is 3.21. The van der Waals surface area contributed by atoms with E-state index in [1.54, 1.807) is 13.0 Å². The summed E-state index contributed by atoms with van der Waals surface area (Å²) >= 11 is 0. The van der Waals surface area contributed by atoms with Gasteiger partial charge in [-0.3, -0.25) is 4.79 Å². The molecule has 0 aromatic rings. The highest BCUT2D eigenvalue weighted by Crippen LogP contribution is 2.11. The molecular formula is C8H7NO2. The molecule has 0 aliphatic carbocycles. The van der Waals surface area contributed by atoms with E-state index in [2.05, 4.69) is 0 Å². The number of hydrogen-bond donors (Lipinski definition) is 0. The van der Waals surface area contributed by atoms with E-state index in [1.165, 1.54) is 18.4 Å². The van der Waals surface area contributed by atoms with Gasteiger partial charge in [-0.15, -0.1) is 0 Å². The van der Waals surface area contributed by atoms with E-state index in [4.69, 9.17) is 10.00 Å². The Morgan fingerprint density at radius 1 is 1.82 bits per heavy atom. The quantitative estimate of drug-likeness (QED) is 0.380. The number of ether oxygens (including phenoxy) is 1. The number of rotatable bonds is 0. The molecular weight excluding hydrogens is 142 g/mol. The number of nitrogens with zero attached hydrogens (tertiary/aromatic N) is 1. The first-order valence-corrected chi connectivity index (χ1v) is 3.21. The molecule has 0 bridgehead atoms. The molecule has 1 aliphatic rings. The van der Waals surface area contributed by atoms with Crippen LogP contribution in [0.3, 0.4) is 0 Å². The summed E-state index contributed by atoms with van der Waals surface area (Å²) in [7, 11) is 0. The summed E-state index contributed by atoms with van der Waals surface area (Å²) in [6.07, 6.45) is 3.68. The lowest BCUT2D eigenvalue weighted by atomic mass is 10.1. The Bertz CT molecular complexity index is 270. The Morgan fingerprint density at radius 2 is 2.55 bits per heavy atom. The molecule has 1 heterocycles. The lowest BCUT2D eigenvalue weighted by Crippen LogP contribution is -2.22. The van der Waals surface area contributed by atoms with Gasteiger partial charge in [-0.1, -0.05) is 0 Å². The van der Waals surface area contributed by atoms with Crippen LogP contribution < -0.4 is 0 Å². The Balaban J connectivity index is 2.92. The zero-order chi connectivity index (χ0) is 8.27. The Labute approximate surface area is 64.6 Å². The Hall–Kier alpha value is -1.56. The predicted octanol–water partition coefficient (Wildman–Crippen LogP) is 0.938. The molecule has 0 spiro atoms. The molecule has 0 amide bonds. The van der Waals surface area contributed by atoms with Crippen molar-refractivity contribution in [1.82, 2.24) is 0 Å². The standard InChI is InChI=1S/C8H7NO2/c1-6-8(10)7(2-4-9)3-5-11-6/h2-3,5-6H,1H3. The summed E-state index contributed by atoms with van der Waals surface area (Å²) in [6, 6.07) is 1.80. The van der Waals surface area contributed by atoms with Gasteiger partial charge >= 0.3 is 0 Å². The van der Waals surface area contributed by atoms with Gasteiger partial charge in [0.25, 0.3) is 0 Å². The molecule has 3 heteroatoms. The monoisotopic (exact) mass is 149 g/mol. The minimum Gasteiger partial charge on any atom is -0.490 e. The normalized spacial score (nSPS) is 26.4. The third kappa shape index (κ3) is 1.47. The fourth-order valence-electron chi connectivity index (χ4n) is 0.798. The largest absolute Gasteiger partial charge is 0.490 e. The van der Waals surface area contributed by atoms with E-state index in [0.29, 0.717) is 5.57 Å². The zero-order valence-corrected chi connectivity index (χ0v) is 6.07. The lowest BCUT2D eigenvalue weighted by Gasteiger charge is -2.14. The summed E-state index contributed by atoms with van der Waals surface area (Å²) in [4.78, 5) is 11.1. The smallest absolute Gasteiger partial charge is 0.203 e. The first-order chi connectivity index (χ1) is 5.25. The van der Waals surface area contributed by atoms with Gasteiger partial charge in [0, 0.05) is 11.6 Å². The molecule has 0 aromatic carbocycles. The van der Waals surface area contributed by atoms with Crippen LogP contribution >= 0.6 is 0 Å². The lowest BCUT2D eigenvalue weighted by molar-refractivity contribution is -0.123. The third-order valence-electron chi connectivity index (χ3n) is 1.40. The van der Waals surface area contributed by atoms with Crippen LogP contribution in [0.2, 0.25) is 0 Å². The van der Waals surface area contributed by atoms with Gasteiger partial charge in [0.15, 0.2) is 6.10 Å². The van der Waals surface area contributed by atoms with Gasteiger partial charge in [0.05, 0.1) is 12.3 Å². The summed E-state index contributed by atoms with van der Waals surface area (Å²) < 4.78 is 4.89. The minimum atomic E-state index is -0.459. The number of nitriles is 1. The van der Waals surface area contributed by atoms with Gasteiger partial charge in [0.2, 0.25) is 5.78 Å². The Morgan fingerprint density at radius 3 is 3.18 bits per heavy atom. The molecule has 56 valence electrons. The van der Waals surface area contributed by atoms with Crippen molar-refractivity contribution in [2.24, 2.45) is 0 Å².